The molecule has 0 aliphatic carbocycles. The maximum absolute atomic E-state index is 11.7. The lowest BCUT2D eigenvalue weighted by atomic mass is 10.1. The molecule has 0 saturated carbocycles. The molecular weight excluding hydrogens is 270 g/mol. The molecule has 0 amide bonds. The molecule has 0 aliphatic heterocycles. The van der Waals surface area contributed by atoms with Gasteiger partial charge in [-0.05, 0) is 37.1 Å². The van der Waals surface area contributed by atoms with Crippen molar-refractivity contribution in [3.63, 3.8) is 0 Å². The summed E-state index contributed by atoms with van der Waals surface area (Å²) in [4.78, 5) is 17.1. The fourth-order valence-electron chi connectivity index (χ4n) is 1.96. The summed E-state index contributed by atoms with van der Waals surface area (Å²) < 4.78 is 5.43. The molecule has 0 aliphatic rings. The van der Waals surface area contributed by atoms with Crippen molar-refractivity contribution in [1.82, 2.24) is 4.98 Å². The number of carbonyl (C=O) groups excluding carboxylic acids is 1. The van der Waals surface area contributed by atoms with Crippen molar-refractivity contribution < 1.29 is 9.53 Å². The molecule has 0 atom stereocenters. The number of ether oxygens (including phenoxy) is 1. The minimum Gasteiger partial charge on any atom is -0.494 e. The number of carbonyl (C=O) groups is 1. The smallest absolute Gasteiger partial charge is 0.171 e. The van der Waals surface area contributed by atoms with Crippen LogP contribution in [0.5, 0.6) is 5.75 Å². The number of hydrogen-bond donors (Lipinski definition) is 0. The van der Waals surface area contributed by atoms with Crippen molar-refractivity contribution in [2.75, 3.05) is 6.61 Å². The number of rotatable bonds is 5. The number of hydrogen-bond acceptors (Lipinski definition) is 4. The first-order valence-electron chi connectivity index (χ1n) is 6.77. The maximum atomic E-state index is 11.7. The third kappa shape index (κ3) is 3.07. The van der Waals surface area contributed by atoms with Crippen LogP contribution in [-0.2, 0) is 0 Å². The maximum Gasteiger partial charge on any atom is 0.171 e. The van der Waals surface area contributed by atoms with Gasteiger partial charge < -0.3 is 4.74 Å². The van der Waals surface area contributed by atoms with Gasteiger partial charge in [-0.1, -0.05) is 13.8 Å². The Morgan fingerprint density at radius 3 is 2.40 bits per heavy atom. The van der Waals surface area contributed by atoms with Crippen molar-refractivity contribution >= 4 is 17.1 Å². The van der Waals surface area contributed by atoms with Crippen LogP contribution in [0.3, 0.4) is 0 Å². The highest BCUT2D eigenvalue weighted by atomic mass is 32.1. The van der Waals surface area contributed by atoms with E-state index in [1.54, 1.807) is 6.92 Å². The lowest BCUT2D eigenvalue weighted by molar-refractivity contribution is 0.102. The molecule has 2 rings (SSSR count). The number of thiazole rings is 1. The van der Waals surface area contributed by atoms with E-state index in [-0.39, 0.29) is 11.7 Å². The van der Waals surface area contributed by atoms with E-state index in [0.29, 0.717) is 6.61 Å². The quantitative estimate of drug-likeness (QED) is 0.759. The van der Waals surface area contributed by atoms with Gasteiger partial charge in [0.1, 0.15) is 10.8 Å². The molecule has 0 saturated heterocycles. The molecule has 1 aromatic heterocycles. The summed E-state index contributed by atoms with van der Waals surface area (Å²) in [5.74, 6) is 1.19. The molecule has 0 N–H and O–H groups in total. The summed E-state index contributed by atoms with van der Waals surface area (Å²) in [6, 6.07) is 7.83. The van der Waals surface area contributed by atoms with E-state index in [0.717, 1.165) is 26.9 Å². The van der Waals surface area contributed by atoms with Crippen LogP contribution < -0.4 is 4.74 Å². The van der Waals surface area contributed by atoms with Gasteiger partial charge in [-0.2, -0.15) is 0 Å². The summed E-state index contributed by atoms with van der Waals surface area (Å²) in [7, 11) is 0. The van der Waals surface area contributed by atoms with Crippen LogP contribution >= 0.6 is 11.3 Å². The molecule has 3 nitrogen and oxygen atoms in total. The van der Waals surface area contributed by atoms with E-state index in [1.807, 2.05) is 31.2 Å². The summed E-state index contributed by atoms with van der Waals surface area (Å²) in [6.07, 6.45) is 0. The average molecular weight is 289 g/mol. The van der Waals surface area contributed by atoms with Gasteiger partial charge in [-0.15, -0.1) is 11.3 Å². The van der Waals surface area contributed by atoms with Crippen LogP contribution in [0.1, 0.15) is 49.0 Å². The summed E-state index contributed by atoms with van der Waals surface area (Å²) in [6.45, 7) is 8.33. The molecule has 106 valence electrons. The highest BCUT2D eigenvalue weighted by Crippen LogP contribution is 2.32. The molecule has 20 heavy (non-hydrogen) atoms. The standard InChI is InChI=1S/C16H19NO2S/c1-5-19-13-8-6-12(7-9-13)16-17-14(10(2)3)15(20-16)11(4)18/h6-10H,5H2,1-4H3. The average Bonchev–Trinajstić information content (AvgIpc) is 2.85. The lowest BCUT2D eigenvalue weighted by Crippen LogP contribution is -1.97. The van der Waals surface area contributed by atoms with Gasteiger partial charge in [0.25, 0.3) is 0 Å². The first-order valence-corrected chi connectivity index (χ1v) is 7.59. The van der Waals surface area contributed by atoms with E-state index in [4.69, 9.17) is 4.74 Å². The van der Waals surface area contributed by atoms with Gasteiger partial charge in [0.05, 0.1) is 17.2 Å². The summed E-state index contributed by atoms with van der Waals surface area (Å²) >= 11 is 1.47. The molecule has 1 aromatic carbocycles. The van der Waals surface area contributed by atoms with Crippen molar-refractivity contribution in [2.24, 2.45) is 0 Å². The number of nitrogens with zero attached hydrogens (tertiary/aromatic N) is 1. The Hall–Kier alpha value is -1.68. The largest absolute Gasteiger partial charge is 0.494 e. The second-order valence-corrected chi connectivity index (χ2v) is 5.90. The predicted molar refractivity (Wildman–Crippen MR) is 82.8 cm³/mol. The number of Topliss-reactive ketones (excluding diaryl/α,β-unsaturated/α-hetero) is 1. The van der Waals surface area contributed by atoms with Gasteiger partial charge in [0, 0.05) is 12.5 Å². The Labute approximate surface area is 123 Å². The van der Waals surface area contributed by atoms with Gasteiger partial charge in [-0.3, -0.25) is 4.79 Å². The van der Waals surface area contributed by atoms with Crippen LogP contribution in [0, 0.1) is 0 Å². The molecular formula is C16H19NO2S. The van der Waals surface area contributed by atoms with Crippen LogP contribution in [0.4, 0.5) is 0 Å². The Balaban J connectivity index is 2.37. The Bertz CT molecular complexity index is 599. The van der Waals surface area contributed by atoms with E-state index in [1.165, 1.54) is 11.3 Å². The summed E-state index contributed by atoms with van der Waals surface area (Å²) in [5.41, 5.74) is 1.92. The van der Waals surface area contributed by atoms with Gasteiger partial charge in [0.15, 0.2) is 5.78 Å². The second-order valence-electron chi connectivity index (χ2n) is 4.90. The minimum absolute atomic E-state index is 0.0865. The Kier molecular flexibility index (Phi) is 4.55. The third-order valence-electron chi connectivity index (χ3n) is 2.93. The molecule has 1 heterocycles. The number of benzene rings is 1. The zero-order valence-corrected chi connectivity index (χ0v) is 13.1. The zero-order valence-electron chi connectivity index (χ0n) is 12.3. The molecule has 2 aromatic rings. The van der Waals surface area contributed by atoms with E-state index in [9.17, 15) is 4.79 Å². The lowest BCUT2D eigenvalue weighted by Gasteiger charge is -2.03. The fraction of sp³-hybridized carbons (Fsp3) is 0.375. The molecule has 0 spiro atoms. The van der Waals surface area contributed by atoms with Crippen LogP contribution in [0.15, 0.2) is 24.3 Å². The van der Waals surface area contributed by atoms with Gasteiger partial charge in [0.2, 0.25) is 0 Å². The second kappa shape index (κ2) is 6.18. The molecule has 0 unspecified atom stereocenters. The van der Waals surface area contributed by atoms with Gasteiger partial charge in [-0.25, -0.2) is 4.98 Å². The molecule has 0 bridgehead atoms. The first kappa shape index (κ1) is 14.7. The minimum atomic E-state index is 0.0865. The topological polar surface area (TPSA) is 39.2 Å². The van der Waals surface area contributed by atoms with Gasteiger partial charge >= 0.3 is 0 Å². The van der Waals surface area contributed by atoms with Crippen LogP contribution in [-0.4, -0.2) is 17.4 Å². The van der Waals surface area contributed by atoms with Crippen molar-refractivity contribution in [3.05, 3.63) is 34.8 Å². The summed E-state index contributed by atoms with van der Waals surface area (Å²) in [5, 5.41) is 0.891. The monoisotopic (exact) mass is 289 g/mol. The van der Waals surface area contributed by atoms with E-state index >= 15 is 0 Å². The molecule has 0 radical (unpaired) electrons. The predicted octanol–water partition coefficient (Wildman–Crippen LogP) is 4.53. The Morgan fingerprint density at radius 1 is 1.30 bits per heavy atom. The number of ketones is 1. The normalized spacial score (nSPS) is 10.8. The van der Waals surface area contributed by atoms with Crippen LogP contribution in [0.25, 0.3) is 10.6 Å². The van der Waals surface area contributed by atoms with Crippen molar-refractivity contribution in [1.29, 1.82) is 0 Å². The Morgan fingerprint density at radius 2 is 1.95 bits per heavy atom. The first-order chi connectivity index (χ1) is 9.52. The van der Waals surface area contributed by atoms with Crippen LogP contribution in [0.2, 0.25) is 0 Å². The SMILES string of the molecule is CCOc1ccc(-c2nc(C(C)C)c(C(C)=O)s2)cc1. The van der Waals surface area contributed by atoms with E-state index in [2.05, 4.69) is 18.8 Å². The van der Waals surface area contributed by atoms with Crippen molar-refractivity contribution in [3.8, 4) is 16.3 Å². The highest BCUT2D eigenvalue weighted by molar-refractivity contribution is 7.17. The number of aromatic nitrogens is 1. The molecule has 4 heteroatoms. The highest BCUT2D eigenvalue weighted by Gasteiger charge is 2.18. The van der Waals surface area contributed by atoms with Crippen molar-refractivity contribution in [2.45, 2.75) is 33.6 Å². The van der Waals surface area contributed by atoms with E-state index < -0.39 is 0 Å². The fourth-order valence-corrected chi connectivity index (χ4v) is 3.08. The third-order valence-corrected chi connectivity index (χ3v) is 4.15. The zero-order chi connectivity index (χ0) is 14.7. The molecule has 0 fully saturated rings.